The topological polar surface area (TPSA) is 122 Å². The van der Waals surface area contributed by atoms with E-state index in [9.17, 15) is 14.4 Å². The van der Waals surface area contributed by atoms with Crippen LogP contribution in [0.4, 0.5) is 10.6 Å². The summed E-state index contributed by atoms with van der Waals surface area (Å²) in [4.78, 5) is 34.4. The first-order valence-electron chi connectivity index (χ1n) is 6.72. The number of nitrogens with zero attached hydrogens (tertiary/aromatic N) is 1. The van der Waals surface area contributed by atoms with Crippen molar-refractivity contribution in [3.63, 3.8) is 0 Å². The largest absolute Gasteiger partial charge is 0.481 e. The number of imide groups is 1. The molecule has 1 aromatic rings. The first-order valence-corrected chi connectivity index (χ1v) is 6.72. The normalized spacial score (nSPS) is 16.4. The van der Waals surface area contributed by atoms with Crippen molar-refractivity contribution in [3.05, 3.63) is 12.3 Å². The standard InChI is InChI=1S/C13H17N3O5/c17-10(15-12(20)14-9-3-6-21-16-9)7-13(8-11(18)19)4-1-2-5-13/h3,6H,1-2,4-5,7-8H2,(H,18,19)(H2,14,15,16,17,20). The highest BCUT2D eigenvalue weighted by Crippen LogP contribution is 2.43. The number of rotatable bonds is 5. The van der Waals surface area contributed by atoms with Crippen molar-refractivity contribution in [3.8, 4) is 0 Å². The Morgan fingerprint density at radius 3 is 2.57 bits per heavy atom. The van der Waals surface area contributed by atoms with Crippen molar-refractivity contribution < 1.29 is 24.0 Å². The minimum atomic E-state index is -0.920. The summed E-state index contributed by atoms with van der Waals surface area (Å²) in [6.07, 6.45) is 4.47. The lowest BCUT2D eigenvalue weighted by Gasteiger charge is -2.26. The van der Waals surface area contributed by atoms with Gasteiger partial charge in [0.15, 0.2) is 5.82 Å². The Morgan fingerprint density at radius 1 is 1.29 bits per heavy atom. The van der Waals surface area contributed by atoms with E-state index in [-0.39, 0.29) is 18.7 Å². The van der Waals surface area contributed by atoms with Crippen LogP contribution in [0.2, 0.25) is 0 Å². The lowest BCUT2D eigenvalue weighted by atomic mass is 9.79. The first kappa shape index (κ1) is 15.0. The van der Waals surface area contributed by atoms with Crippen molar-refractivity contribution in [2.24, 2.45) is 5.41 Å². The van der Waals surface area contributed by atoms with Crippen LogP contribution >= 0.6 is 0 Å². The molecule has 0 spiro atoms. The third kappa shape index (κ3) is 4.30. The Balaban J connectivity index is 1.87. The number of carbonyl (C=O) groups is 3. The molecule has 8 nitrogen and oxygen atoms in total. The van der Waals surface area contributed by atoms with E-state index in [0.717, 1.165) is 12.8 Å². The molecule has 114 valence electrons. The summed E-state index contributed by atoms with van der Waals surface area (Å²) < 4.78 is 4.55. The fraction of sp³-hybridized carbons (Fsp3) is 0.538. The number of aliphatic carboxylic acids is 1. The Labute approximate surface area is 120 Å². The molecule has 0 atom stereocenters. The smallest absolute Gasteiger partial charge is 0.327 e. The Hall–Kier alpha value is -2.38. The highest BCUT2D eigenvalue weighted by molar-refractivity contribution is 6.00. The molecule has 3 N–H and O–H groups in total. The van der Waals surface area contributed by atoms with Gasteiger partial charge in [0.2, 0.25) is 5.91 Å². The van der Waals surface area contributed by atoms with Gasteiger partial charge in [-0.1, -0.05) is 18.0 Å². The lowest BCUT2D eigenvalue weighted by molar-refractivity contribution is -0.140. The Kier molecular flexibility index (Phi) is 4.56. The van der Waals surface area contributed by atoms with E-state index in [1.165, 1.54) is 12.3 Å². The van der Waals surface area contributed by atoms with Crippen LogP contribution in [0.5, 0.6) is 0 Å². The molecule has 21 heavy (non-hydrogen) atoms. The second-order valence-electron chi connectivity index (χ2n) is 5.34. The highest BCUT2D eigenvalue weighted by Gasteiger charge is 2.38. The number of carboxylic acids is 1. The zero-order valence-electron chi connectivity index (χ0n) is 11.4. The fourth-order valence-corrected chi connectivity index (χ4v) is 2.80. The number of anilines is 1. The van der Waals surface area contributed by atoms with Crippen molar-refractivity contribution >= 4 is 23.7 Å². The van der Waals surface area contributed by atoms with Crippen LogP contribution < -0.4 is 10.6 Å². The predicted molar refractivity (Wildman–Crippen MR) is 71.4 cm³/mol. The summed E-state index contributed by atoms with van der Waals surface area (Å²) in [6.45, 7) is 0. The second kappa shape index (κ2) is 6.38. The van der Waals surface area contributed by atoms with Crippen LogP contribution in [0.3, 0.4) is 0 Å². The number of urea groups is 1. The van der Waals surface area contributed by atoms with Gasteiger partial charge in [0.05, 0.1) is 6.42 Å². The first-order chi connectivity index (χ1) is 9.99. The van der Waals surface area contributed by atoms with E-state index < -0.39 is 23.3 Å². The Morgan fingerprint density at radius 2 is 2.00 bits per heavy atom. The molecule has 0 unspecified atom stereocenters. The molecule has 1 aliphatic rings. The van der Waals surface area contributed by atoms with E-state index in [1.807, 2.05) is 0 Å². The molecule has 1 saturated carbocycles. The summed E-state index contributed by atoms with van der Waals surface area (Å²) in [6, 6.07) is 0.727. The molecule has 1 aromatic heterocycles. The highest BCUT2D eigenvalue weighted by atomic mass is 16.5. The van der Waals surface area contributed by atoms with Crippen LogP contribution in [0.1, 0.15) is 38.5 Å². The van der Waals surface area contributed by atoms with Crippen LogP contribution in [-0.2, 0) is 9.59 Å². The van der Waals surface area contributed by atoms with Crippen LogP contribution in [0.15, 0.2) is 16.9 Å². The zero-order chi connectivity index (χ0) is 15.3. The predicted octanol–water partition coefficient (Wildman–Crippen LogP) is 1.75. The van der Waals surface area contributed by atoms with Crippen molar-refractivity contribution in [2.45, 2.75) is 38.5 Å². The van der Waals surface area contributed by atoms with Gasteiger partial charge in [-0.25, -0.2) is 4.79 Å². The van der Waals surface area contributed by atoms with E-state index in [1.54, 1.807) is 0 Å². The number of carboxylic acid groups (broad SMARTS) is 1. The van der Waals surface area contributed by atoms with E-state index >= 15 is 0 Å². The van der Waals surface area contributed by atoms with E-state index in [0.29, 0.717) is 12.8 Å². The van der Waals surface area contributed by atoms with Crippen LogP contribution in [0.25, 0.3) is 0 Å². The molecule has 8 heteroatoms. The Bertz CT molecular complexity index is 520. The summed E-state index contributed by atoms with van der Waals surface area (Å²) in [5.74, 6) is -1.21. The van der Waals surface area contributed by atoms with Gasteiger partial charge in [0, 0.05) is 12.5 Å². The van der Waals surface area contributed by atoms with E-state index in [4.69, 9.17) is 5.11 Å². The summed E-state index contributed by atoms with van der Waals surface area (Å²) in [5.41, 5.74) is -0.538. The van der Waals surface area contributed by atoms with Gasteiger partial charge in [-0.05, 0) is 18.3 Å². The van der Waals surface area contributed by atoms with Crippen LogP contribution in [0, 0.1) is 5.41 Å². The van der Waals surface area contributed by atoms with Gasteiger partial charge in [-0.2, -0.15) is 0 Å². The summed E-state index contributed by atoms with van der Waals surface area (Å²) >= 11 is 0. The number of nitrogens with one attached hydrogen (secondary N) is 2. The molecule has 0 saturated heterocycles. The average molecular weight is 295 g/mol. The molecule has 3 amide bonds. The van der Waals surface area contributed by atoms with Gasteiger partial charge < -0.3 is 9.63 Å². The molecule has 1 fully saturated rings. The molecule has 0 bridgehead atoms. The van der Waals surface area contributed by atoms with Gasteiger partial charge in [-0.3, -0.25) is 20.2 Å². The molecule has 1 heterocycles. The fourth-order valence-electron chi connectivity index (χ4n) is 2.80. The summed E-state index contributed by atoms with van der Waals surface area (Å²) in [5, 5.41) is 17.0. The molecular weight excluding hydrogens is 278 g/mol. The maximum Gasteiger partial charge on any atom is 0.327 e. The maximum absolute atomic E-state index is 11.9. The number of amides is 3. The maximum atomic E-state index is 11.9. The minimum Gasteiger partial charge on any atom is -0.481 e. The number of aromatic nitrogens is 1. The number of hydrogen-bond donors (Lipinski definition) is 3. The SMILES string of the molecule is O=C(O)CC1(CC(=O)NC(=O)Nc2ccon2)CCCC1. The van der Waals surface area contributed by atoms with E-state index in [2.05, 4.69) is 20.3 Å². The molecule has 0 radical (unpaired) electrons. The molecule has 0 aliphatic heterocycles. The van der Waals surface area contributed by atoms with Crippen molar-refractivity contribution in [1.29, 1.82) is 0 Å². The molecular formula is C13H17N3O5. The quantitative estimate of drug-likeness (QED) is 0.760. The average Bonchev–Trinajstić information content (AvgIpc) is 3.00. The monoisotopic (exact) mass is 295 g/mol. The van der Waals surface area contributed by atoms with Gasteiger partial charge in [0.1, 0.15) is 6.26 Å². The van der Waals surface area contributed by atoms with Crippen molar-refractivity contribution in [2.75, 3.05) is 5.32 Å². The summed E-state index contributed by atoms with van der Waals surface area (Å²) in [7, 11) is 0. The third-order valence-corrected chi connectivity index (χ3v) is 3.66. The van der Waals surface area contributed by atoms with Gasteiger partial charge >= 0.3 is 12.0 Å². The minimum absolute atomic E-state index is 0.0333. The molecule has 1 aliphatic carbocycles. The molecule has 0 aromatic carbocycles. The van der Waals surface area contributed by atoms with Gasteiger partial charge in [-0.15, -0.1) is 0 Å². The van der Waals surface area contributed by atoms with Crippen LogP contribution in [-0.4, -0.2) is 28.2 Å². The number of hydrogen-bond acceptors (Lipinski definition) is 5. The van der Waals surface area contributed by atoms with Gasteiger partial charge in [0.25, 0.3) is 0 Å². The lowest BCUT2D eigenvalue weighted by Crippen LogP contribution is -2.38. The number of carbonyl (C=O) groups excluding carboxylic acids is 2. The third-order valence-electron chi connectivity index (χ3n) is 3.66. The zero-order valence-corrected chi connectivity index (χ0v) is 11.4. The van der Waals surface area contributed by atoms with Crippen molar-refractivity contribution in [1.82, 2.24) is 10.5 Å². The molecule has 2 rings (SSSR count). The second-order valence-corrected chi connectivity index (χ2v) is 5.34.